The summed E-state index contributed by atoms with van der Waals surface area (Å²) in [4.78, 5) is 14.6. The maximum atomic E-state index is 12.6. The van der Waals surface area contributed by atoms with Crippen molar-refractivity contribution in [2.24, 2.45) is 0 Å². The number of hydrogen-bond donors (Lipinski definition) is 1. The summed E-state index contributed by atoms with van der Waals surface area (Å²) in [6.07, 6.45) is 2.18. The smallest absolute Gasteiger partial charge is 0.257 e. The van der Waals surface area contributed by atoms with Gasteiger partial charge in [0.2, 0.25) is 0 Å². The van der Waals surface area contributed by atoms with Crippen molar-refractivity contribution in [2.45, 2.75) is 33.2 Å². The summed E-state index contributed by atoms with van der Waals surface area (Å²) in [5.41, 5.74) is 4.75. The molecule has 2 aromatic carbocycles. The third kappa shape index (κ3) is 3.35. The molecule has 128 valence electrons. The molecule has 1 aliphatic rings. The van der Waals surface area contributed by atoms with Crippen molar-refractivity contribution in [3.05, 3.63) is 71.3 Å². The van der Waals surface area contributed by atoms with E-state index in [0.717, 1.165) is 16.8 Å². The average Bonchev–Trinajstić information content (AvgIpc) is 2.54. The van der Waals surface area contributed by atoms with Crippen LogP contribution in [-0.4, -0.2) is 16.6 Å². The molecular formula is C21H22N2OS. The summed E-state index contributed by atoms with van der Waals surface area (Å²) < 4.78 is 0. The highest BCUT2D eigenvalue weighted by Gasteiger charge is 2.34. The van der Waals surface area contributed by atoms with Crippen molar-refractivity contribution < 1.29 is 4.79 Å². The maximum absolute atomic E-state index is 12.6. The fourth-order valence-electron chi connectivity index (χ4n) is 3.29. The van der Waals surface area contributed by atoms with Gasteiger partial charge in [-0.1, -0.05) is 42.0 Å². The fraction of sp³-hybridized carbons (Fsp3) is 0.238. The third-order valence-electron chi connectivity index (χ3n) is 4.45. The first kappa shape index (κ1) is 17.4. The summed E-state index contributed by atoms with van der Waals surface area (Å²) in [7, 11) is 0. The lowest BCUT2D eigenvalue weighted by Crippen LogP contribution is -2.54. The van der Waals surface area contributed by atoms with Gasteiger partial charge in [0, 0.05) is 11.1 Å². The number of fused-ring (bicyclic) bond motifs is 1. The first-order chi connectivity index (χ1) is 11.8. The maximum Gasteiger partial charge on any atom is 0.257 e. The number of nitrogens with one attached hydrogen (secondary N) is 1. The summed E-state index contributed by atoms with van der Waals surface area (Å²) in [6.45, 7) is 8.29. The molecule has 25 heavy (non-hydrogen) atoms. The molecule has 0 radical (unpaired) electrons. The van der Waals surface area contributed by atoms with Gasteiger partial charge in [-0.2, -0.15) is 0 Å². The lowest BCUT2D eigenvalue weighted by atomic mass is 9.89. The number of benzene rings is 2. The van der Waals surface area contributed by atoms with Crippen LogP contribution in [0.1, 0.15) is 42.3 Å². The Balaban J connectivity index is 1.91. The van der Waals surface area contributed by atoms with E-state index in [4.69, 9.17) is 12.2 Å². The Bertz CT molecular complexity index is 866. The minimum Gasteiger partial charge on any atom is -0.309 e. The molecule has 4 heteroatoms. The summed E-state index contributed by atoms with van der Waals surface area (Å²) >= 11 is 5.60. The first-order valence-electron chi connectivity index (χ1n) is 8.31. The number of hydrogen-bond acceptors (Lipinski definition) is 2. The van der Waals surface area contributed by atoms with E-state index in [2.05, 4.69) is 38.2 Å². The van der Waals surface area contributed by atoms with Crippen molar-refractivity contribution in [3.8, 4) is 0 Å². The van der Waals surface area contributed by atoms with E-state index in [1.54, 1.807) is 0 Å². The SMILES string of the molecule is CC1=CC(C)(C)N(C(=S)NC(=O)c2ccc(C)cc2)c2ccccc21. The van der Waals surface area contributed by atoms with Gasteiger partial charge in [-0.05, 0) is 63.7 Å². The van der Waals surface area contributed by atoms with E-state index in [1.165, 1.54) is 5.57 Å². The number of allylic oxidation sites excluding steroid dienone is 1. The van der Waals surface area contributed by atoms with E-state index >= 15 is 0 Å². The molecule has 0 fully saturated rings. The topological polar surface area (TPSA) is 32.3 Å². The van der Waals surface area contributed by atoms with Crippen LogP contribution in [0.4, 0.5) is 5.69 Å². The number of carbonyl (C=O) groups excluding carboxylic acids is 1. The molecule has 0 saturated heterocycles. The largest absolute Gasteiger partial charge is 0.309 e. The molecule has 1 amide bonds. The van der Waals surface area contributed by atoms with Gasteiger partial charge in [-0.25, -0.2) is 0 Å². The predicted molar refractivity (Wildman–Crippen MR) is 108 cm³/mol. The molecule has 3 nitrogen and oxygen atoms in total. The lowest BCUT2D eigenvalue weighted by Gasteiger charge is -2.42. The van der Waals surface area contributed by atoms with Crippen LogP contribution < -0.4 is 10.2 Å². The first-order valence-corrected chi connectivity index (χ1v) is 8.71. The van der Waals surface area contributed by atoms with Crippen molar-refractivity contribution in [3.63, 3.8) is 0 Å². The van der Waals surface area contributed by atoms with E-state index in [1.807, 2.05) is 54.3 Å². The molecule has 0 bridgehead atoms. The van der Waals surface area contributed by atoms with E-state index < -0.39 is 0 Å². The monoisotopic (exact) mass is 350 g/mol. The molecule has 0 atom stereocenters. The molecule has 3 rings (SSSR count). The highest BCUT2D eigenvalue weighted by atomic mass is 32.1. The summed E-state index contributed by atoms with van der Waals surface area (Å²) in [5, 5.41) is 3.29. The van der Waals surface area contributed by atoms with Crippen LogP contribution in [0.3, 0.4) is 0 Å². The van der Waals surface area contributed by atoms with Crippen LogP contribution >= 0.6 is 12.2 Å². The van der Waals surface area contributed by atoms with Crippen molar-refractivity contribution >= 4 is 34.5 Å². The molecule has 1 heterocycles. The van der Waals surface area contributed by atoms with Gasteiger partial charge < -0.3 is 4.90 Å². The molecule has 0 unspecified atom stereocenters. The second-order valence-corrected chi connectivity index (χ2v) is 7.35. The number of rotatable bonds is 1. The Morgan fingerprint density at radius 3 is 2.36 bits per heavy atom. The van der Waals surface area contributed by atoms with Gasteiger partial charge in [0.1, 0.15) is 0 Å². The summed E-state index contributed by atoms with van der Waals surface area (Å²) in [5.74, 6) is -0.190. The van der Waals surface area contributed by atoms with Crippen LogP contribution in [0, 0.1) is 6.92 Å². The number of para-hydroxylation sites is 1. The van der Waals surface area contributed by atoms with Gasteiger partial charge in [0.25, 0.3) is 5.91 Å². The summed E-state index contributed by atoms with van der Waals surface area (Å²) in [6, 6.07) is 15.6. The average molecular weight is 350 g/mol. The molecule has 0 saturated carbocycles. The Morgan fingerprint density at radius 1 is 1.04 bits per heavy atom. The Morgan fingerprint density at radius 2 is 1.68 bits per heavy atom. The Kier molecular flexibility index (Phi) is 4.48. The second-order valence-electron chi connectivity index (χ2n) is 6.96. The van der Waals surface area contributed by atoms with Gasteiger partial charge in [-0.3, -0.25) is 10.1 Å². The zero-order valence-corrected chi connectivity index (χ0v) is 15.8. The molecule has 0 aromatic heterocycles. The molecule has 2 aromatic rings. The highest BCUT2D eigenvalue weighted by Crippen LogP contribution is 2.38. The van der Waals surface area contributed by atoms with Gasteiger partial charge in [0.05, 0.1) is 11.2 Å². The number of anilines is 1. The number of thiocarbonyl (C=S) groups is 1. The van der Waals surface area contributed by atoms with Crippen LogP contribution in [0.25, 0.3) is 5.57 Å². The van der Waals surface area contributed by atoms with Crippen LogP contribution in [0.15, 0.2) is 54.6 Å². The Hall–Kier alpha value is -2.46. The second kappa shape index (κ2) is 6.45. The number of carbonyl (C=O) groups is 1. The molecule has 1 aliphatic heterocycles. The van der Waals surface area contributed by atoms with Gasteiger partial charge >= 0.3 is 0 Å². The number of aryl methyl sites for hydroxylation is 1. The van der Waals surface area contributed by atoms with Crippen molar-refractivity contribution in [1.82, 2.24) is 5.32 Å². The van der Waals surface area contributed by atoms with Crippen molar-refractivity contribution in [2.75, 3.05) is 4.90 Å². The van der Waals surface area contributed by atoms with Gasteiger partial charge in [0.15, 0.2) is 5.11 Å². The minimum atomic E-state index is -0.323. The van der Waals surface area contributed by atoms with Gasteiger partial charge in [-0.15, -0.1) is 0 Å². The zero-order chi connectivity index (χ0) is 18.2. The van der Waals surface area contributed by atoms with E-state index in [-0.39, 0.29) is 11.4 Å². The van der Waals surface area contributed by atoms with Crippen LogP contribution in [-0.2, 0) is 0 Å². The molecule has 0 aliphatic carbocycles. The predicted octanol–water partition coefficient (Wildman–Crippen LogP) is 4.71. The minimum absolute atomic E-state index is 0.190. The molecule has 0 spiro atoms. The fourth-order valence-corrected chi connectivity index (χ4v) is 3.71. The standard InChI is InChI=1S/C21H22N2OS/c1-14-9-11-16(12-10-14)19(24)22-20(25)23-18-8-6-5-7-17(18)15(2)13-21(23,3)4/h5-13H,1-4H3,(H,22,24,25). The van der Waals surface area contributed by atoms with Crippen LogP contribution in [0.2, 0.25) is 0 Å². The lowest BCUT2D eigenvalue weighted by molar-refractivity contribution is 0.0977. The normalized spacial score (nSPS) is 15.2. The van der Waals surface area contributed by atoms with Crippen molar-refractivity contribution in [1.29, 1.82) is 0 Å². The van der Waals surface area contributed by atoms with E-state index in [0.29, 0.717) is 10.7 Å². The Labute approximate surface area is 154 Å². The zero-order valence-electron chi connectivity index (χ0n) is 15.0. The van der Waals surface area contributed by atoms with Crippen LogP contribution in [0.5, 0.6) is 0 Å². The quantitative estimate of drug-likeness (QED) is 0.756. The number of amides is 1. The van der Waals surface area contributed by atoms with E-state index in [9.17, 15) is 4.79 Å². The third-order valence-corrected chi connectivity index (χ3v) is 4.74. The number of nitrogens with zero attached hydrogens (tertiary/aromatic N) is 1. The highest BCUT2D eigenvalue weighted by molar-refractivity contribution is 7.80. The molecular weight excluding hydrogens is 328 g/mol. The molecule has 1 N–H and O–H groups in total.